The molecule has 22 heavy (non-hydrogen) atoms. The Hall–Kier alpha value is -1.85. The minimum atomic E-state index is -0.0424. The molecule has 0 radical (unpaired) electrons. The number of aryl methyl sites for hydroxylation is 1. The third-order valence-corrected chi connectivity index (χ3v) is 4.02. The molecule has 118 valence electrons. The van der Waals surface area contributed by atoms with E-state index in [2.05, 4.69) is 15.7 Å². The van der Waals surface area contributed by atoms with Crippen molar-refractivity contribution < 1.29 is 4.79 Å². The van der Waals surface area contributed by atoms with Gasteiger partial charge < -0.3 is 10.6 Å². The second-order valence-corrected chi connectivity index (χ2v) is 5.58. The first kappa shape index (κ1) is 16.5. The van der Waals surface area contributed by atoms with Gasteiger partial charge in [0.2, 0.25) is 0 Å². The van der Waals surface area contributed by atoms with Crippen LogP contribution in [0.2, 0.25) is 0 Å². The Bertz CT molecular complexity index is 664. The minimum Gasteiger partial charge on any atom is -0.352 e. The normalized spacial score (nSPS) is 14.1. The summed E-state index contributed by atoms with van der Waals surface area (Å²) in [6, 6.07) is 8.03. The molecule has 0 aliphatic carbocycles. The lowest BCUT2D eigenvalue weighted by atomic mass is 10.0. The van der Waals surface area contributed by atoms with Gasteiger partial charge in [-0.25, -0.2) is 4.68 Å². The van der Waals surface area contributed by atoms with E-state index >= 15 is 0 Å². The zero-order valence-electron chi connectivity index (χ0n) is 12.8. The van der Waals surface area contributed by atoms with Gasteiger partial charge in [-0.15, -0.1) is 12.4 Å². The average Bonchev–Trinajstić information content (AvgIpc) is 2.79. The number of carbonyl (C=O) groups excluding carboxylic acids is 1. The van der Waals surface area contributed by atoms with Crippen LogP contribution < -0.4 is 10.6 Å². The number of rotatable bonds is 4. The molecule has 1 aliphatic heterocycles. The van der Waals surface area contributed by atoms with Crippen LogP contribution >= 0.6 is 12.4 Å². The van der Waals surface area contributed by atoms with E-state index in [-0.39, 0.29) is 18.3 Å². The van der Waals surface area contributed by atoms with Crippen LogP contribution in [0.4, 0.5) is 0 Å². The molecule has 2 heterocycles. The number of aromatic nitrogens is 2. The van der Waals surface area contributed by atoms with E-state index < -0.39 is 0 Å². The molecule has 5 nitrogen and oxygen atoms in total. The molecule has 0 spiro atoms. The molecule has 2 aromatic rings. The van der Waals surface area contributed by atoms with E-state index in [0.29, 0.717) is 11.5 Å². The first-order valence-electron chi connectivity index (χ1n) is 7.26. The molecule has 0 bridgehead atoms. The van der Waals surface area contributed by atoms with E-state index in [1.807, 2.05) is 42.8 Å². The summed E-state index contributed by atoms with van der Waals surface area (Å²) in [7, 11) is 0. The van der Waals surface area contributed by atoms with Crippen molar-refractivity contribution in [3.63, 3.8) is 0 Å². The molecule has 2 N–H and O–H groups in total. The molecular formula is C16H21ClN4O. The zero-order valence-corrected chi connectivity index (χ0v) is 13.6. The van der Waals surface area contributed by atoms with Gasteiger partial charge in [-0.05, 0) is 25.5 Å². The molecule has 0 saturated carbocycles. The standard InChI is InChI=1S/C16H20N4O.ClH/c1-11-5-3-4-6-15(11)20-12(2)14(10-19-20)16(21)18-9-13-7-17-8-13;/h3-6,10,13,17H,7-9H2,1-2H3,(H,18,21);1H. The Morgan fingerprint density at radius 1 is 1.36 bits per heavy atom. The smallest absolute Gasteiger partial charge is 0.254 e. The van der Waals surface area contributed by atoms with E-state index in [9.17, 15) is 4.79 Å². The van der Waals surface area contributed by atoms with Crippen molar-refractivity contribution in [3.8, 4) is 5.69 Å². The zero-order chi connectivity index (χ0) is 14.8. The van der Waals surface area contributed by atoms with Gasteiger partial charge in [-0.1, -0.05) is 18.2 Å². The number of amides is 1. The lowest BCUT2D eigenvalue weighted by molar-refractivity contribution is 0.0941. The fourth-order valence-electron chi connectivity index (χ4n) is 2.50. The first-order chi connectivity index (χ1) is 10.2. The fourth-order valence-corrected chi connectivity index (χ4v) is 2.50. The van der Waals surface area contributed by atoms with Crippen molar-refractivity contribution in [1.29, 1.82) is 0 Å². The van der Waals surface area contributed by atoms with E-state index in [1.54, 1.807) is 6.20 Å². The van der Waals surface area contributed by atoms with Gasteiger partial charge in [0, 0.05) is 25.6 Å². The van der Waals surface area contributed by atoms with E-state index in [4.69, 9.17) is 0 Å². The molecule has 1 amide bonds. The lowest BCUT2D eigenvalue weighted by Gasteiger charge is -2.27. The molecule has 0 unspecified atom stereocenters. The van der Waals surface area contributed by atoms with Crippen LogP contribution in [0.25, 0.3) is 5.69 Å². The first-order valence-corrected chi connectivity index (χ1v) is 7.26. The molecule has 1 aliphatic rings. The summed E-state index contributed by atoms with van der Waals surface area (Å²) in [4.78, 5) is 12.3. The fraction of sp³-hybridized carbons (Fsp3) is 0.375. The Kier molecular flexibility index (Phi) is 5.21. The number of nitrogens with one attached hydrogen (secondary N) is 2. The number of benzene rings is 1. The summed E-state index contributed by atoms with van der Waals surface area (Å²) >= 11 is 0. The third-order valence-electron chi connectivity index (χ3n) is 4.02. The largest absolute Gasteiger partial charge is 0.352 e. The number of para-hydroxylation sites is 1. The van der Waals surface area contributed by atoms with Gasteiger partial charge >= 0.3 is 0 Å². The maximum Gasteiger partial charge on any atom is 0.254 e. The van der Waals surface area contributed by atoms with Crippen molar-refractivity contribution in [2.24, 2.45) is 5.92 Å². The SMILES string of the molecule is Cc1ccccc1-n1ncc(C(=O)NCC2CNC2)c1C.Cl. The number of nitrogens with zero attached hydrogens (tertiary/aromatic N) is 2. The van der Waals surface area contributed by atoms with Crippen LogP contribution in [-0.4, -0.2) is 35.3 Å². The van der Waals surface area contributed by atoms with Gasteiger partial charge in [0.05, 0.1) is 23.1 Å². The Balaban J connectivity index is 0.00000176. The predicted molar refractivity (Wildman–Crippen MR) is 89.0 cm³/mol. The van der Waals surface area contributed by atoms with Gasteiger partial charge in [0.1, 0.15) is 0 Å². The second kappa shape index (κ2) is 6.94. The Labute approximate surface area is 136 Å². The highest BCUT2D eigenvalue weighted by Gasteiger charge is 2.20. The predicted octanol–water partition coefficient (Wildman–Crippen LogP) is 1.86. The highest BCUT2D eigenvalue weighted by molar-refractivity contribution is 5.95. The molecule has 3 rings (SSSR count). The molecule has 1 fully saturated rings. The van der Waals surface area contributed by atoms with Crippen LogP contribution in [0.1, 0.15) is 21.6 Å². The average molecular weight is 321 g/mol. The number of hydrogen-bond donors (Lipinski definition) is 2. The van der Waals surface area contributed by atoms with Crippen molar-refractivity contribution in [1.82, 2.24) is 20.4 Å². The number of halogens is 1. The highest BCUT2D eigenvalue weighted by atomic mass is 35.5. The molecule has 1 aromatic heterocycles. The molecule has 0 atom stereocenters. The summed E-state index contributed by atoms with van der Waals surface area (Å²) in [5.41, 5.74) is 3.66. The lowest BCUT2D eigenvalue weighted by Crippen LogP contribution is -2.48. The van der Waals surface area contributed by atoms with E-state index in [0.717, 1.165) is 36.6 Å². The number of hydrogen-bond acceptors (Lipinski definition) is 3. The summed E-state index contributed by atoms with van der Waals surface area (Å²) < 4.78 is 1.83. The molecule has 1 aromatic carbocycles. The van der Waals surface area contributed by atoms with Crippen molar-refractivity contribution in [2.45, 2.75) is 13.8 Å². The quantitative estimate of drug-likeness (QED) is 0.904. The van der Waals surface area contributed by atoms with Crippen molar-refractivity contribution in [2.75, 3.05) is 19.6 Å². The highest BCUT2D eigenvalue weighted by Crippen LogP contribution is 2.17. The third kappa shape index (κ3) is 3.15. The van der Waals surface area contributed by atoms with Crippen LogP contribution in [-0.2, 0) is 0 Å². The van der Waals surface area contributed by atoms with E-state index in [1.165, 1.54) is 0 Å². The maximum atomic E-state index is 12.3. The Morgan fingerprint density at radius 3 is 2.73 bits per heavy atom. The summed E-state index contributed by atoms with van der Waals surface area (Å²) in [5.74, 6) is 0.514. The Morgan fingerprint density at radius 2 is 2.09 bits per heavy atom. The summed E-state index contributed by atoms with van der Waals surface area (Å²) in [5, 5.41) is 10.6. The molecular weight excluding hydrogens is 300 g/mol. The van der Waals surface area contributed by atoms with Gasteiger partial charge in [0.25, 0.3) is 5.91 Å². The van der Waals surface area contributed by atoms with Crippen LogP contribution in [0, 0.1) is 19.8 Å². The van der Waals surface area contributed by atoms with Crippen molar-refractivity contribution >= 4 is 18.3 Å². The topological polar surface area (TPSA) is 59.0 Å². The van der Waals surface area contributed by atoms with Gasteiger partial charge in [0.15, 0.2) is 0 Å². The van der Waals surface area contributed by atoms with Crippen molar-refractivity contribution in [3.05, 3.63) is 47.3 Å². The molecule has 1 saturated heterocycles. The monoisotopic (exact) mass is 320 g/mol. The summed E-state index contributed by atoms with van der Waals surface area (Å²) in [6.07, 6.45) is 1.65. The van der Waals surface area contributed by atoms with Gasteiger partial charge in [-0.3, -0.25) is 4.79 Å². The number of carbonyl (C=O) groups is 1. The van der Waals surface area contributed by atoms with Crippen LogP contribution in [0.15, 0.2) is 30.5 Å². The van der Waals surface area contributed by atoms with Crippen LogP contribution in [0.5, 0.6) is 0 Å². The minimum absolute atomic E-state index is 0. The second-order valence-electron chi connectivity index (χ2n) is 5.58. The summed E-state index contributed by atoms with van der Waals surface area (Å²) in [6.45, 7) is 6.67. The van der Waals surface area contributed by atoms with Gasteiger partial charge in [-0.2, -0.15) is 5.10 Å². The van der Waals surface area contributed by atoms with Crippen LogP contribution in [0.3, 0.4) is 0 Å². The molecule has 6 heteroatoms. The maximum absolute atomic E-state index is 12.3.